The number of carboxylic acids is 1. The standard InChI is InChI=1S/C10H20O4/c1-7(5-11)14-6-8(9(12)13)10(2,3)4/h7-8,11H,5-6H2,1-4H3,(H,12,13)/t7-,8?/m0/s1. The lowest BCUT2D eigenvalue weighted by molar-refractivity contribution is -0.150. The quantitative estimate of drug-likeness (QED) is 0.704. The van der Waals surface area contributed by atoms with E-state index in [0.29, 0.717) is 0 Å². The third-order valence-corrected chi connectivity index (χ3v) is 2.15. The molecule has 0 aromatic rings. The Morgan fingerprint density at radius 1 is 1.43 bits per heavy atom. The van der Waals surface area contributed by atoms with E-state index in [1.807, 2.05) is 20.8 Å². The van der Waals surface area contributed by atoms with E-state index in [1.165, 1.54) is 0 Å². The Hall–Kier alpha value is -0.610. The average molecular weight is 204 g/mol. The number of aliphatic carboxylic acids is 1. The molecule has 0 fully saturated rings. The first-order valence-electron chi connectivity index (χ1n) is 4.74. The van der Waals surface area contributed by atoms with Crippen molar-refractivity contribution in [3.8, 4) is 0 Å². The van der Waals surface area contributed by atoms with E-state index in [2.05, 4.69) is 0 Å². The van der Waals surface area contributed by atoms with Crippen LogP contribution in [0.3, 0.4) is 0 Å². The minimum absolute atomic E-state index is 0.0868. The molecule has 2 atom stereocenters. The second kappa shape index (κ2) is 5.32. The first-order valence-corrected chi connectivity index (χ1v) is 4.74. The largest absolute Gasteiger partial charge is 0.481 e. The van der Waals surface area contributed by atoms with E-state index < -0.39 is 11.9 Å². The van der Waals surface area contributed by atoms with Crippen LogP contribution in [-0.4, -0.2) is 35.5 Å². The Balaban J connectivity index is 4.19. The number of hydrogen-bond donors (Lipinski definition) is 2. The summed E-state index contributed by atoms with van der Waals surface area (Å²) in [6, 6.07) is 0. The van der Waals surface area contributed by atoms with Gasteiger partial charge in [0.25, 0.3) is 0 Å². The summed E-state index contributed by atoms with van der Waals surface area (Å²) >= 11 is 0. The smallest absolute Gasteiger partial charge is 0.309 e. The summed E-state index contributed by atoms with van der Waals surface area (Å²) in [5.74, 6) is -1.40. The van der Waals surface area contributed by atoms with Crippen LogP contribution in [0, 0.1) is 11.3 Å². The zero-order valence-corrected chi connectivity index (χ0v) is 9.28. The molecule has 84 valence electrons. The van der Waals surface area contributed by atoms with Gasteiger partial charge in [-0.1, -0.05) is 20.8 Å². The fourth-order valence-electron chi connectivity index (χ4n) is 1.00. The van der Waals surface area contributed by atoms with Crippen LogP contribution in [0.15, 0.2) is 0 Å². The highest BCUT2D eigenvalue weighted by Crippen LogP contribution is 2.26. The maximum Gasteiger partial charge on any atom is 0.309 e. The zero-order valence-electron chi connectivity index (χ0n) is 9.28. The Bertz CT molecular complexity index is 183. The lowest BCUT2D eigenvalue weighted by Crippen LogP contribution is -2.34. The number of hydrogen-bond acceptors (Lipinski definition) is 3. The summed E-state index contributed by atoms with van der Waals surface area (Å²) in [6.45, 7) is 7.34. The minimum atomic E-state index is -0.859. The van der Waals surface area contributed by atoms with Crippen LogP contribution >= 0.6 is 0 Å². The summed E-state index contributed by atoms with van der Waals surface area (Å²) in [4.78, 5) is 10.9. The third kappa shape index (κ3) is 4.58. The second-order valence-electron chi connectivity index (χ2n) is 4.58. The molecule has 14 heavy (non-hydrogen) atoms. The molecular formula is C10H20O4. The average Bonchev–Trinajstić information content (AvgIpc) is 2.01. The maximum atomic E-state index is 10.9. The summed E-state index contributed by atoms with van der Waals surface area (Å²) in [7, 11) is 0. The lowest BCUT2D eigenvalue weighted by Gasteiger charge is -2.27. The molecule has 0 radical (unpaired) electrons. The Morgan fingerprint density at radius 3 is 2.21 bits per heavy atom. The van der Waals surface area contributed by atoms with Crippen molar-refractivity contribution in [3.05, 3.63) is 0 Å². The van der Waals surface area contributed by atoms with Crippen LogP contribution in [0.5, 0.6) is 0 Å². The summed E-state index contributed by atoms with van der Waals surface area (Å²) in [5.41, 5.74) is -0.332. The van der Waals surface area contributed by atoms with Gasteiger partial charge in [0.05, 0.1) is 25.2 Å². The first kappa shape index (κ1) is 13.4. The van der Waals surface area contributed by atoms with E-state index in [0.717, 1.165) is 0 Å². The molecule has 0 saturated carbocycles. The van der Waals surface area contributed by atoms with Gasteiger partial charge >= 0.3 is 5.97 Å². The van der Waals surface area contributed by atoms with Gasteiger partial charge in [0, 0.05) is 0 Å². The number of aliphatic hydroxyl groups excluding tert-OH is 1. The number of aliphatic hydroxyl groups is 1. The monoisotopic (exact) mass is 204 g/mol. The molecule has 0 saturated heterocycles. The van der Waals surface area contributed by atoms with E-state index in [-0.39, 0.29) is 24.7 Å². The molecule has 0 bridgehead atoms. The number of rotatable bonds is 5. The van der Waals surface area contributed by atoms with Gasteiger partial charge in [0.2, 0.25) is 0 Å². The molecule has 2 N–H and O–H groups in total. The number of carbonyl (C=O) groups is 1. The molecule has 0 aliphatic carbocycles. The Kier molecular flexibility index (Phi) is 5.08. The maximum absolute atomic E-state index is 10.9. The van der Waals surface area contributed by atoms with Crippen LogP contribution in [0.2, 0.25) is 0 Å². The van der Waals surface area contributed by atoms with Crippen molar-refractivity contribution in [3.63, 3.8) is 0 Å². The molecule has 0 spiro atoms. The van der Waals surface area contributed by atoms with Gasteiger partial charge in [-0.25, -0.2) is 0 Å². The van der Waals surface area contributed by atoms with Crippen LogP contribution in [0.1, 0.15) is 27.7 Å². The van der Waals surface area contributed by atoms with Gasteiger partial charge in [-0.2, -0.15) is 0 Å². The lowest BCUT2D eigenvalue weighted by atomic mass is 9.81. The van der Waals surface area contributed by atoms with Crippen LogP contribution in [0.25, 0.3) is 0 Å². The Morgan fingerprint density at radius 2 is 1.93 bits per heavy atom. The highest BCUT2D eigenvalue weighted by atomic mass is 16.5. The van der Waals surface area contributed by atoms with Gasteiger partial charge in [0.1, 0.15) is 0 Å². The van der Waals surface area contributed by atoms with Crippen LogP contribution in [-0.2, 0) is 9.53 Å². The predicted octanol–water partition coefficient (Wildman–Crippen LogP) is 1.13. The van der Waals surface area contributed by atoms with Gasteiger partial charge in [-0.3, -0.25) is 4.79 Å². The van der Waals surface area contributed by atoms with Gasteiger partial charge in [-0.05, 0) is 12.3 Å². The van der Waals surface area contributed by atoms with E-state index in [9.17, 15) is 4.79 Å². The third-order valence-electron chi connectivity index (χ3n) is 2.15. The van der Waals surface area contributed by atoms with Crippen molar-refractivity contribution in [1.82, 2.24) is 0 Å². The molecule has 0 amide bonds. The fraction of sp³-hybridized carbons (Fsp3) is 0.900. The highest BCUT2D eigenvalue weighted by molar-refractivity contribution is 5.71. The van der Waals surface area contributed by atoms with Crippen molar-refractivity contribution >= 4 is 5.97 Å². The first-order chi connectivity index (χ1) is 6.29. The summed E-state index contributed by atoms with van der Waals surface area (Å²) < 4.78 is 5.21. The Labute approximate surface area is 84.9 Å². The molecule has 0 rings (SSSR count). The fourth-order valence-corrected chi connectivity index (χ4v) is 1.00. The highest BCUT2D eigenvalue weighted by Gasteiger charge is 2.31. The summed E-state index contributed by atoms with van der Waals surface area (Å²) in [5, 5.41) is 17.7. The second-order valence-corrected chi connectivity index (χ2v) is 4.58. The molecular weight excluding hydrogens is 184 g/mol. The zero-order chi connectivity index (χ0) is 11.4. The van der Waals surface area contributed by atoms with Crippen molar-refractivity contribution in [2.75, 3.05) is 13.2 Å². The molecule has 0 aromatic carbocycles. The van der Waals surface area contributed by atoms with Crippen molar-refractivity contribution < 1.29 is 19.7 Å². The molecule has 0 aromatic heterocycles. The molecule has 0 aliphatic rings. The van der Waals surface area contributed by atoms with Gasteiger partial charge < -0.3 is 14.9 Å². The van der Waals surface area contributed by atoms with E-state index in [1.54, 1.807) is 6.92 Å². The minimum Gasteiger partial charge on any atom is -0.481 e. The number of carboxylic acid groups (broad SMARTS) is 1. The van der Waals surface area contributed by atoms with Crippen LogP contribution in [0.4, 0.5) is 0 Å². The molecule has 4 heteroatoms. The topological polar surface area (TPSA) is 66.8 Å². The van der Waals surface area contributed by atoms with E-state index >= 15 is 0 Å². The number of ether oxygens (including phenoxy) is 1. The van der Waals surface area contributed by atoms with E-state index in [4.69, 9.17) is 14.9 Å². The molecule has 0 heterocycles. The van der Waals surface area contributed by atoms with Crippen molar-refractivity contribution in [2.45, 2.75) is 33.8 Å². The normalized spacial score (nSPS) is 16.4. The molecule has 0 aliphatic heterocycles. The van der Waals surface area contributed by atoms with Gasteiger partial charge in [-0.15, -0.1) is 0 Å². The van der Waals surface area contributed by atoms with Crippen molar-refractivity contribution in [2.24, 2.45) is 11.3 Å². The molecule has 1 unspecified atom stereocenters. The van der Waals surface area contributed by atoms with Gasteiger partial charge in [0.15, 0.2) is 0 Å². The van der Waals surface area contributed by atoms with Crippen molar-refractivity contribution in [1.29, 1.82) is 0 Å². The predicted molar refractivity (Wildman–Crippen MR) is 53.1 cm³/mol. The van der Waals surface area contributed by atoms with Crippen LogP contribution < -0.4 is 0 Å². The SMILES string of the molecule is C[C@@H](CO)OCC(C(=O)O)C(C)(C)C. The molecule has 4 nitrogen and oxygen atoms in total. The summed E-state index contributed by atoms with van der Waals surface area (Å²) in [6.07, 6.45) is -0.306.